The fraction of sp³-hybridized carbons (Fsp3) is 0.269. The molecule has 7 heteroatoms. The van der Waals surface area contributed by atoms with Gasteiger partial charge in [-0.05, 0) is 67.1 Å². The molecule has 6 nitrogen and oxygen atoms in total. The van der Waals surface area contributed by atoms with Gasteiger partial charge in [0.15, 0.2) is 0 Å². The van der Waals surface area contributed by atoms with Gasteiger partial charge in [0, 0.05) is 12.6 Å². The van der Waals surface area contributed by atoms with E-state index in [4.69, 9.17) is 4.74 Å². The number of rotatable bonds is 6. The van der Waals surface area contributed by atoms with Crippen LogP contribution in [-0.4, -0.2) is 28.5 Å². The van der Waals surface area contributed by atoms with Crippen LogP contribution < -0.4 is 14.4 Å². The number of nitrogens with one attached hydrogen (secondary N) is 1. The first-order valence-corrected chi connectivity index (χ1v) is 12.4. The molecule has 0 saturated heterocycles. The molecule has 4 rings (SSSR count). The fourth-order valence-electron chi connectivity index (χ4n) is 4.32. The third-order valence-electron chi connectivity index (χ3n) is 6.21. The quantitative estimate of drug-likeness (QED) is 0.577. The van der Waals surface area contributed by atoms with Crippen LogP contribution in [0.25, 0.3) is 0 Å². The molecule has 1 N–H and O–H groups in total. The number of anilines is 1. The molecule has 3 aromatic carbocycles. The van der Waals surface area contributed by atoms with Gasteiger partial charge in [-0.15, -0.1) is 0 Å². The number of hydrogen-bond donors (Lipinski definition) is 1. The van der Waals surface area contributed by atoms with Crippen molar-refractivity contribution in [1.29, 1.82) is 0 Å². The number of ether oxygens (including phenoxy) is 1. The van der Waals surface area contributed by atoms with Crippen molar-refractivity contribution in [1.82, 2.24) is 5.32 Å². The van der Waals surface area contributed by atoms with Gasteiger partial charge in [-0.2, -0.15) is 0 Å². The summed E-state index contributed by atoms with van der Waals surface area (Å²) in [4.78, 5) is 13.3. The SMILES string of the molecule is COc1ccccc1N(C)S(=O)(=O)c1ccc(C)c(C(=O)NC2CCCc3ccccc32)c1. The van der Waals surface area contributed by atoms with E-state index in [1.807, 2.05) is 19.1 Å². The molecule has 0 fully saturated rings. The Balaban J connectivity index is 1.63. The summed E-state index contributed by atoms with van der Waals surface area (Å²) >= 11 is 0. The number of para-hydroxylation sites is 2. The van der Waals surface area contributed by atoms with Crippen LogP contribution in [-0.2, 0) is 16.4 Å². The van der Waals surface area contributed by atoms with Gasteiger partial charge in [0.2, 0.25) is 0 Å². The second-order valence-electron chi connectivity index (χ2n) is 8.24. The van der Waals surface area contributed by atoms with Crippen LogP contribution in [0, 0.1) is 6.92 Å². The highest BCUT2D eigenvalue weighted by atomic mass is 32.2. The molecule has 0 radical (unpaired) electrons. The van der Waals surface area contributed by atoms with Crippen LogP contribution in [0.1, 0.15) is 45.9 Å². The highest BCUT2D eigenvalue weighted by molar-refractivity contribution is 7.92. The number of hydrogen-bond acceptors (Lipinski definition) is 4. The molecule has 0 bridgehead atoms. The molecule has 1 unspecified atom stereocenters. The van der Waals surface area contributed by atoms with Crippen molar-refractivity contribution in [2.75, 3.05) is 18.5 Å². The van der Waals surface area contributed by atoms with Crippen molar-refractivity contribution in [3.63, 3.8) is 0 Å². The number of nitrogens with zero attached hydrogens (tertiary/aromatic N) is 1. The van der Waals surface area contributed by atoms with E-state index in [0.717, 1.165) is 30.4 Å². The average Bonchev–Trinajstić information content (AvgIpc) is 2.83. The van der Waals surface area contributed by atoms with E-state index in [1.165, 1.54) is 36.2 Å². The summed E-state index contributed by atoms with van der Waals surface area (Å²) in [5, 5.41) is 3.12. The molecule has 33 heavy (non-hydrogen) atoms. The van der Waals surface area contributed by atoms with E-state index in [2.05, 4.69) is 17.4 Å². The zero-order chi connectivity index (χ0) is 23.6. The zero-order valence-electron chi connectivity index (χ0n) is 19.0. The van der Waals surface area contributed by atoms with Crippen LogP contribution in [0.4, 0.5) is 5.69 Å². The van der Waals surface area contributed by atoms with Gasteiger partial charge in [0.1, 0.15) is 5.75 Å². The van der Waals surface area contributed by atoms with Gasteiger partial charge < -0.3 is 10.1 Å². The van der Waals surface area contributed by atoms with Crippen LogP contribution in [0.15, 0.2) is 71.6 Å². The van der Waals surface area contributed by atoms with E-state index in [1.54, 1.807) is 30.3 Å². The first-order valence-electron chi connectivity index (χ1n) is 10.9. The predicted octanol–water partition coefficient (Wildman–Crippen LogP) is 4.64. The number of aryl methyl sites for hydroxylation is 2. The Morgan fingerprint density at radius 1 is 1.06 bits per heavy atom. The first kappa shape index (κ1) is 22.9. The van der Waals surface area contributed by atoms with Crippen LogP contribution in [0.2, 0.25) is 0 Å². The number of sulfonamides is 1. The van der Waals surface area contributed by atoms with E-state index in [9.17, 15) is 13.2 Å². The second kappa shape index (κ2) is 9.27. The van der Waals surface area contributed by atoms with Gasteiger partial charge >= 0.3 is 0 Å². The minimum atomic E-state index is -3.91. The molecule has 1 aliphatic rings. The Morgan fingerprint density at radius 3 is 2.58 bits per heavy atom. The largest absolute Gasteiger partial charge is 0.495 e. The molecule has 1 atom stereocenters. The van der Waals surface area contributed by atoms with Gasteiger partial charge in [0.05, 0.1) is 23.7 Å². The monoisotopic (exact) mass is 464 g/mol. The van der Waals surface area contributed by atoms with Crippen molar-refractivity contribution in [2.24, 2.45) is 0 Å². The summed E-state index contributed by atoms with van der Waals surface area (Å²) in [5.74, 6) is 0.177. The highest BCUT2D eigenvalue weighted by Crippen LogP contribution is 2.32. The number of fused-ring (bicyclic) bond motifs is 1. The average molecular weight is 465 g/mol. The third-order valence-corrected chi connectivity index (χ3v) is 7.98. The Bertz CT molecular complexity index is 1290. The topological polar surface area (TPSA) is 75.7 Å². The molecule has 0 aromatic heterocycles. The lowest BCUT2D eigenvalue weighted by molar-refractivity contribution is 0.0932. The van der Waals surface area contributed by atoms with Gasteiger partial charge in [-0.3, -0.25) is 9.10 Å². The summed E-state index contributed by atoms with van der Waals surface area (Å²) in [5.41, 5.74) is 3.88. The number of benzene rings is 3. The Morgan fingerprint density at radius 2 is 1.79 bits per heavy atom. The zero-order valence-corrected chi connectivity index (χ0v) is 19.9. The van der Waals surface area contributed by atoms with Crippen LogP contribution in [0.3, 0.4) is 0 Å². The molecule has 0 heterocycles. The smallest absolute Gasteiger partial charge is 0.264 e. The predicted molar refractivity (Wildman–Crippen MR) is 129 cm³/mol. The lowest BCUT2D eigenvalue weighted by Crippen LogP contribution is -2.32. The Kier molecular flexibility index (Phi) is 6.42. The summed E-state index contributed by atoms with van der Waals surface area (Å²) in [7, 11) is -0.931. The van der Waals surface area contributed by atoms with Crippen molar-refractivity contribution >= 4 is 21.6 Å². The summed E-state index contributed by atoms with van der Waals surface area (Å²) in [6.45, 7) is 1.81. The van der Waals surface area contributed by atoms with Crippen LogP contribution >= 0.6 is 0 Å². The Labute approximate surface area is 195 Å². The van der Waals surface area contributed by atoms with E-state index >= 15 is 0 Å². The third kappa shape index (κ3) is 4.46. The number of carbonyl (C=O) groups excluding carboxylic acids is 1. The molecule has 1 aliphatic carbocycles. The molecular weight excluding hydrogens is 436 g/mol. The maximum absolute atomic E-state index is 13.4. The van der Waals surface area contributed by atoms with Gasteiger partial charge in [-0.25, -0.2) is 8.42 Å². The molecule has 1 amide bonds. The molecule has 3 aromatic rings. The maximum atomic E-state index is 13.4. The number of carbonyl (C=O) groups is 1. The van der Waals surface area contributed by atoms with E-state index < -0.39 is 10.0 Å². The standard InChI is InChI=1S/C26H28N2O4S/c1-18-15-16-20(33(30,31)28(2)24-13-6-7-14-25(24)32-3)17-22(18)26(29)27-23-12-8-10-19-9-4-5-11-21(19)23/h4-7,9,11,13-17,23H,8,10,12H2,1-3H3,(H,27,29). The maximum Gasteiger partial charge on any atom is 0.264 e. The lowest BCUT2D eigenvalue weighted by atomic mass is 9.87. The second-order valence-corrected chi connectivity index (χ2v) is 10.2. The summed E-state index contributed by atoms with van der Waals surface area (Å²) < 4.78 is 33.3. The van der Waals surface area contributed by atoms with E-state index in [0.29, 0.717) is 17.0 Å². The fourth-order valence-corrected chi connectivity index (χ4v) is 5.56. The first-order chi connectivity index (χ1) is 15.8. The summed E-state index contributed by atoms with van der Waals surface area (Å²) in [6, 6.07) is 19.6. The van der Waals surface area contributed by atoms with Crippen LogP contribution in [0.5, 0.6) is 5.75 Å². The molecule has 0 spiro atoms. The van der Waals surface area contributed by atoms with Crippen molar-refractivity contribution < 1.29 is 17.9 Å². The van der Waals surface area contributed by atoms with E-state index in [-0.39, 0.29) is 16.8 Å². The molecule has 0 saturated carbocycles. The lowest BCUT2D eigenvalue weighted by Gasteiger charge is -2.27. The van der Waals surface area contributed by atoms with Crippen molar-refractivity contribution in [3.8, 4) is 5.75 Å². The highest BCUT2D eigenvalue weighted by Gasteiger charge is 2.27. The molecule has 0 aliphatic heterocycles. The van der Waals surface area contributed by atoms with Gasteiger partial charge in [-0.1, -0.05) is 42.5 Å². The van der Waals surface area contributed by atoms with Gasteiger partial charge in [0.25, 0.3) is 15.9 Å². The molecular formula is C26H28N2O4S. The normalized spacial score (nSPS) is 15.4. The number of methoxy groups -OCH3 is 1. The van der Waals surface area contributed by atoms with Crippen molar-refractivity contribution in [2.45, 2.75) is 37.1 Å². The number of amides is 1. The summed E-state index contributed by atoms with van der Waals surface area (Å²) in [6.07, 6.45) is 2.86. The minimum Gasteiger partial charge on any atom is -0.495 e. The molecule has 172 valence electrons. The Hall–Kier alpha value is -3.32. The minimum absolute atomic E-state index is 0.0516. The van der Waals surface area contributed by atoms with Crippen molar-refractivity contribution in [3.05, 3.63) is 89.0 Å².